The van der Waals surface area contributed by atoms with Crippen molar-refractivity contribution in [1.82, 2.24) is 9.88 Å². The summed E-state index contributed by atoms with van der Waals surface area (Å²) in [6.45, 7) is 3.12. The fourth-order valence-corrected chi connectivity index (χ4v) is 3.30. The molecule has 4 nitrogen and oxygen atoms in total. The van der Waals surface area contributed by atoms with Gasteiger partial charge in [0, 0.05) is 18.7 Å². The van der Waals surface area contributed by atoms with Gasteiger partial charge in [-0.2, -0.15) is 0 Å². The van der Waals surface area contributed by atoms with Gasteiger partial charge >= 0.3 is 0 Å². The highest BCUT2D eigenvalue weighted by Crippen LogP contribution is 2.24. The van der Waals surface area contributed by atoms with Gasteiger partial charge < -0.3 is 9.32 Å². The lowest BCUT2D eigenvalue weighted by molar-refractivity contribution is -0.131. The first-order chi connectivity index (χ1) is 12.6. The van der Waals surface area contributed by atoms with E-state index in [1.807, 2.05) is 17.0 Å². The third-order valence-corrected chi connectivity index (χ3v) is 4.77. The molecule has 0 saturated heterocycles. The molecule has 5 heteroatoms. The summed E-state index contributed by atoms with van der Waals surface area (Å²) in [6, 6.07) is 14.3. The van der Waals surface area contributed by atoms with Crippen LogP contribution in [-0.4, -0.2) is 22.3 Å². The number of halogens is 1. The van der Waals surface area contributed by atoms with Crippen molar-refractivity contribution in [3.05, 3.63) is 76.9 Å². The number of fused-ring (bicyclic) bond motifs is 1. The van der Waals surface area contributed by atoms with Gasteiger partial charge in [-0.05, 0) is 42.7 Å². The average Bonchev–Trinajstić information content (AvgIpc) is 3.02. The number of rotatable bonds is 3. The molecule has 0 radical (unpaired) electrons. The first-order valence-electron chi connectivity index (χ1n) is 8.67. The third kappa shape index (κ3) is 3.25. The van der Waals surface area contributed by atoms with Crippen LogP contribution in [0.25, 0.3) is 11.5 Å². The Hall–Kier alpha value is -2.95. The van der Waals surface area contributed by atoms with Crippen LogP contribution in [0.15, 0.2) is 52.9 Å². The second kappa shape index (κ2) is 6.75. The number of nitrogens with zero attached hydrogens (tertiary/aromatic N) is 2. The Morgan fingerprint density at radius 3 is 2.81 bits per heavy atom. The smallest absolute Gasteiger partial charge is 0.229 e. The summed E-state index contributed by atoms with van der Waals surface area (Å²) < 4.78 is 19.1. The van der Waals surface area contributed by atoms with E-state index in [9.17, 15) is 9.18 Å². The van der Waals surface area contributed by atoms with Crippen LogP contribution >= 0.6 is 0 Å². The summed E-state index contributed by atoms with van der Waals surface area (Å²) in [5, 5.41) is 0. The van der Waals surface area contributed by atoms with E-state index in [1.54, 1.807) is 19.1 Å². The summed E-state index contributed by atoms with van der Waals surface area (Å²) >= 11 is 0. The van der Waals surface area contributed by atoms with Gasteiger partial charge in [-0.3, -0.25) is 4.79 Å². The average molecular weight is 350 g/mol. The van der Waals surface area contributed by atoms with Gasteiger partial charge in [0.1, 0.15) is 11.6 Å². The van der Waals surface area contributed by atoms with Crippen LogP contribution in [0.5, 0.6) is 0 Å². The quantitative estimate of drug-likeness (QED) is 0.719. The molecule has 1 aliphatic heterocycles. The molecule has 0 atom stereocenters. The molecule has 0 saturated carbocycles. The lowest BCUT2D eigenvalue weighted by Gasteiger charge is -2.28. The van der Waals surface area contributed by atoms with Gasteiger partial charge in [-0.15, -0.1) is 0 Å². The molecule has 1 amide bonds. The number of aromatic nitrogens is 1. The first kappa shape index (κ1) is 16.5. The van der Waals surface area contributed by atoms with Crippen LogP contribution in [0, 0.1) is 12.7 Å². The maximum atomic E-state index is 13.4. The van der Waals surface area contributed by atoms with Crippen LogP contribution in [0.4, 0.5) is 4.39 Å². The molecule has 1 aliphatic rings. The fourth-order valence-electron chi connectivity index (χ4n) is 3.30. The number of aryl methyl sites for hydroxylation is 1. The number of hydrogen-bond donors (Lipinski definition) is 0. The van der Waals surface area contributed by atoms with Crippen LogP contribution < -0.4 is 0 Å². The molecule has 3 aromatic rings. The minimum atomic E-state index is -0.344. The highest BCUT2D eigenvalue weighted by atomic mass is 19.1. The molecular weight excluding hydrogens is 331 g/mol. The van der Waals surface area contributed by atoms with Crippen molar-refractivity contribution in [3.8, 4) is 11.5 Å². The Kier molecular flexibility index (Phi) is 4.29. The highest BCUT2D eigenvalue weighted by Gasteiger charge is 2.23. The SMILES string of the molecule is Cc1oc(-c2cccc(F)c2)nc1CC(=O)N1CCc2ccccc2C1. The van der Waals surface area contributed by atoms with Gasteiger partial charge in [0.25, 0.3) is 0 Å². The van der Waals surface area contributed by atoms with E-state index in [-0.39, 0.29) is 18.1 Å². The van der Waals surface area contributed by atoms with Crippen molar-refractivity contribution in [1.29, 1.82) is 0 Å². The number of carbonyl (C=O) groups excluding carboxylic acids is 1. The summed E-state index contributed by atoms with van der Waals surface area (Å²) in [5.41, 5.74) is 3.68. The van der Waals surface area contributed by atoms with Crippen LogP contribution in [0.1, 0.15) is 22.6 Å². The number of hydrogen-bond acceptors (Lipinski definition) is 3. The van der Waals surface area contributed by atoms with E-state index in [4.69, 9.17) is 4.42 Å². The van der Waals surface area contributed by atoms with Crippen LogP contribution in [0.2, 0.25) is 0 Å². The molecule has 0 fully saturated rings. The van der Waals surface area contributed by atoms with Gasteiger partial charge in [-0.25, -0.2) is 9.37 Å². The van der Waals surface area contributed by atoms with E-state index in [0.717, 1.165) is 6.42 Å². The Labute approximate surface area is 151 Å². The second-order valence-electron chi connectivity index (χ2n) is 6.54. The molecule has 0 aliphatic carbocycles. The zero-order valence-corrected chi connectivity index (χ0v) is 14.5. The Bertz CT molecular complexity index is 964. The van der Waals surface area contributed by atoms with Gasteiger partial charge in [0.05, 0.1) is 12.1 Å². The molecule has 4 rings (SSSR count). The van der Waals surface area contributed by atoms with E-state index in [0.29, 0.717) is 36.0 Å². The lowest BCUT2D eigenvalue weighted by atomic mass is 9.99. The summed E-state index contributed by atoms with van der Waals surface area (Å²) in [5.74, 6) is 0.619. The molecular formula is C21H19FN2O2. The number of amides is 1. The maximum absolute atomic E-state index is 13.4. The molecule has 26 heavy (non-hydrogen) atoms. The number of oxazole rings is 1. The lowest BCUT2D eigenvalue weighted by Crippen LogP contribution is -2.37. The molecule has 0 spiro atoms. The third-order valence-electron chi connectivity index (χ3n) is 4.77. The van der Waals surface area contributed by atoms with Crippen molar-refractivity contribution >= 4 is 5.91 Å². The predicted molar refractivity (Wildman–Crippen MR) is 95.9 cm³/mol. The first-order valence-corrected chi connectivity index (χ1v) is 8.67. The predicted octanol–water partition coefficient (Wildman–Crippen LogP) is 3.92. The molecule has 2 heterocycles. The molecule has 1 aromatic heterocycles. The Morgan fingerprint density at radius 2 is 2.00 bits per heavy atom. The van der Waals surface area contributed by atoms with Crippen molar-refractivity contribution in [2.75, 3.05) is 6.54 Å². The standard InChI is InChI=1S/C21H19FN2O2/c1-14-19(23-21(26-14)16-7-4-8-18(22)11-16)12-20(25)24-10-9-15-5-2-3-6-17(15)13-24/h2-8,11H,9-10,12-13H2,1H3. The van der Waals surface area contributed by atoms with Crippen molar-refractivity contribution in [3.63, 3.8) is 0 Å². The normalized spacial score (nSPS) is 13.5. The topological polar surface area (TPSA) is 46.3 Å². The van der Waals surface area contributed by atoms with Crippen LogP contribution in [0.3, 0.4) is 0 Å². The number of carbonyl (C=O) groups is 1. The van der Waals surface area contributed by atoms with Gasteiger partial charge in [0.2, 0.25) is 11.8 Å². The van der Waals surface area contributed by atoms with Crippen LogP contribution in [-0.2, 0) is 24.2 Å². The summed E-state index contributed by atoms with van der Waals surface area (Å²) in [4.78, 5) is 19.0. The van der Waals surface area contributed by atoms with Crippen molar-refractivity contribution in [2.24, 2.45) is 0 Å². The summed E-state index contributed by atoms with van der Waals surface area (Å²) in [6.07, 6.45) is 1.06. The van der Waals surface area contributed by atoms with Gasteiger partial charge in [0.15, 0.2) is 0 Å². The zero-order valence-electron chi connectivity index (χ0n) is 14.5. The van der Waals surface area contributed by atoms with E-state index in [1.165, 1.54) is 23.3 Å². The largest absolute Gasteiger partial charge is 0.441 e. The number of benzene rings is 2. The zero-order chi connectivity index (χ0) is 18.1. The molecule has 132 valence electrons. The minimum absolute atomic E-state index is 0.0293. The van der Waals surface area contributed by atoms with Gasteiger partial charge in [-0.1, -0.05) is 30.3 Å². The molecule has 0 unspecified atom stereocenters. The van der Waals surface area contributed by atoms with Crippen molar-refractivity contribution < 1.29 is 13.6 Å². The highest BCUT2D eigenvalue weighted by molar-refractivity contribution is 5.79. The molecule has 0 N–H and O–H groups in total. The van der Waals surface area contributed by atoms with E-state index in [2.05, 4.69) is 17.1 Å². The second-order valence-corrected chi connectivity index (χ2v) is 6.54. The monoisotopic (exact) mass is 350 g/mol. The van der Waals surface area contributed by atoms with Crippen molar-refractivity contribution in [2.45, 2.75) is 26.3 Å². The Balaban J connectivity index is 1.50. The Morgan fingerprint density at radius 1 is 1.19 bits per heavy atom. The summed E-state index contributed by atoms with van der Waals surface area (Å²) in [7, 11) is 0. The van der Waals surface area contributed by atoms with E-state index < -0.39 is 0 Å². The molecule has 2 aromatic carbocycles. The maximum Gasteiger partial charge on any atom is 0.229 e. The molecule has 0 bridgehead atoms. The fraction of sp³-hybridized carbons (Fsp3) is 0.238. The minimum Gasteiger partial charge on any atom is -0.441 e. The van der Waals surface area contributed by atoms with E-state index >= 15 is 0 Å².